The maximum absolute atomic E-state index is 2.44. The van der Waals surface area contributed by atoms with Crippen LogP contribution in [0, 0.1) is 17.3 Å². The molecule has 0 heterocycles. The molecule has 0 radical (unpaired) electrons. The molecule has 0 aromatic heterocycles. The summed E-state index contributed by atoms with van der Waals surface area (Å²) < 4.78 is 1.40. The second kappa shape index (κ2) is 4.99. The lowest BCUT2D eigenvalue weighted by molar-refractivity contribution is 0.520. The van der Waals surface area contributed by atoms with Crippen molar-refractivity contribution in [2.24, 2.45) is 17.3 Å². The number of hydrogen-bond donors (Lipinski definition) is 0. The summed E-state index contributed by atoms with van der Waals surface area (Å²) in [4.78, 5) is 0. The van der Waals surface area contributed by atoms with Gasteiger partial charge in [0.05, 0.1) is 0 Å². The average molecular weight is 354 g/mol. The maximum atomic E-state index is 2.44. The van der Waals surface area contributed by atoms with Crippen LogP contribution in [0.3, 0.4) is 0 Å². The predicted molar refractivity (Wildman–Crippen MR) is 88.8 cm³/mol. The first kappa shape index (κ1) is 14.1. The van der Waals surface area contributed by atoms with Crippen molar-refractivity contribution in [3.8, 4) is 0 Å². The van der Waals surface area contributed by atoms with Crippen molar-refractivity contribution in [2.45, 2.75) is 41.0 Å². The molecule has 18 heavy (non-hydrogen) atoms. The van der Waals surface area contributed by atoms with Crippen molar-refractivity contribution in [3.63, 3.8) is 0 Å². The molecular formula is C17H23I. The Morgan fingerprint density at radius 3 is 2.67 bits per heavy atom. The van der Waals surface area contributed by atoms with E-state index in [-0.39, 0.29) is 5.41 Å². The van der Waals surface area contributed by atoms with Crippen molar-refractivity contribution < 1.29 is 0 Å². The minimum atomic E-state index is 0.228. The van der Waals surface area contributed by atoms with Crippen molar-refractivity contribution in [2.75, 3.05) is 0 Å². The zero-order chi connectivity index (χ0) is 13.5. The van der Waals surface area contributed by atoms with E-state index in [1.807, 2.05) is 0 Å². The van der Waals surface area contributed by atoms with Crippen molar-refractivity contribution in [1.82, 2.24) is 0 Å². The highest BCUT2D eigenvalue weighted by atomic mass is 127. The Morgan fingerprint density at radius 1 is 1.39 bits per heavy atom. The fourth-order valence-electron chi connectivity index (χ4n) is 2.95. The Bertz CT molecular complexity index is 470. The lowest BCUT2D eigenvalue weighted by atomic mass is 9.78. The van der Waals surface area contributed by atoms with Gasteiger partial charge in [0, 0.05) is 14.9 Å². The third-order valence-electron chi connectivity index (χ3n) is 4.35. The van der Waals surface area contributed by atoms with Gasteiger partial charge in [0.2, 0.25) is 0 Å². The van der Waals surface area contributed by atoms with Gasteiger partial charge in [0.1, 0.15) is 0 Å². The standard InChI is InChI=1S/C17H23I/c1-11(2)6-8-14-12(3)17(4,5)16-10-13(18)7-9-15(14)16/h6-8,10-11,15H,9H2,1-5H3/b8-6-/t15-/m1/s1. The van der Waals surface area contributed by atoms with Gasteiger partial charge >= 0.3 is 0 Å². The van der Waals surface area contributed by atoms with E-state index in [0.717, 1.165) is 0 Å². The van der Waals surface area contributed by atoms with Crippen molar-refractivity contribution in [3.05, 3.63) is 44.6 Å². The van der Waals surface area contributed by atoms with Crippen molar-refractivity contribution in [1.29, 1.82) is 0 Å². The van der Waals surface area contributed by atoms with Crippen molar-refractivity contribution >= 4 is 22.6 Å². The third-order valence-corrected chi connectivity index (χ3v) is 5.10. The summed E-state index contributed by atoms with van der Waals surface area (Å²) in [5.41, 5.74) is 4.94. The normalized spacial score (nSPS) is 26.7. The lowest BCUT2D eigenvalue weighted by Crippen LogP contribution is -2.16. The summed E-state index contributed by atoms with van der Waals surface area (Å²) in [5.74, 6) is 1.24. The molecule has 0 N–H and O–H groups in total. The molecule has 0 saturated carbocycles. The van der Waals surface area contributed by atoms with E-state index in [2.05, 4.69) is 81.5 Å². The van der Waals surface area contributed by atoms with E-state index in [4.69, 9.17) is 0 Å². The lowest BCUT2D eigenvalue weighted by Gasteiger charge is -2.27. The molecule has 0 amide bonds. The Labute approximate surface area is 125 Å². The number of fused-ring (bicyclic) bond motifs is 1. The molecule has 98 valence electrons. The van der Waals surface area contributed by atoms with E-state index in [9.17, 15) is 0 Å². The van der Waals surface area contributed by atoms with Gasteiger partial charge < -0.3 is 0 Å². The number of allylic oxidation sites excluding steroid dienone is 8. The SMILES string of the molecule is CC1=C(/C=C\C(C)C)[C@H]2CC=C(I)C=C2C1(C)C. The number of rotatable bonds is 2. The Balaban J connectivity index is 2.43. The molecule has 0 aromatic carbocycles. The van der Waals surface area contributed by atoms with Crippen LogP contribution < -0.4 is 0 Å². The predicted octanol–water partition coefficient (Wildman–Crippen LogP) is 5.82. The number of halogens is 1. The van der Waals surface area contributed by atoms with E-state index >= 15 is 0 Å². The van der Waals surface area contributed by atoms with E-state index < -0.39 is 0 Å². The monoisotopic (exact) mass is 354 g/mol. The molecular weight excluding hydrogens is 331 g/mol. The van der Waals surface area contributed by atoms with Gasteiger partial charge in [-0.05, 0) is 53.5 Å². The highest BCUT2D eigenvalue weighted by Gasteiger charge is 2.40. The van der Waals surface area contributed by atoms with Gasteiger partial charge in [0.25, 0.3) is 0 Å². The average Bonchev–Trinajstić information content (AvgIpc) is 2.46. The van der Waals surface area contributed by atoms with Gasteiger partial charge in [0.15, 0.2) is 0 Å². The van der Waals surface area contributed by atoms with E-state index in [1.165, 1.54) is 10.0 Å². The summed E-state index contributed by atoms with van der Waals surface area (Å²) >= 11 is 2.44. The minimum absolute atomic E-state index is 0.228. The van der Waals surface area contributed by atoms with Crippen LogP contribution in [0.25, 0.3) is 0 Å². The zero-order valence-electron chi connectivity index (χ0n) is 12.0. The number of hydrogen-bond acceptors (Lipinski definition) is 0. The zero-order valence-corrected chi connectivity index (χ0v) is 14.2. The Hall–Kier alpha value is -0.310. The quantitative estimate of drug-likeness (QED) is 0.548. The molecule has 2 aliphatic rings. The highest BCUT2D eigenvalue weighted by molar-refractivity contribution is 14.1. The molecule has 2 rings (SSSR count). The topological polar surface area (TPSA) is 0 Å². The van der Waals surface area contributed by atoms with Crippen LogP contribution in [0.1, 0.15) is 41.0 Å². The smallest absolute Gasteiger partial charge is 0.00949 e. The summed E-state index contributed by atoms with van der Waals surface area (Å²) in [5, 5.41) is 0. The second-order valence-electron chi connectivity index (χ2n) is 6.29. The Kier molecular flexibility index (Phi) is 3.91. The molecule has 1 heteroatoms. The van der Waals surface area contributed by atoms with Crippen LogP contribution >= 0.6 is 22.6 Å². The van der Waals surface area contributed by atoms with Crippen LogP contribution in [-0.4, -0.2) is 0 Å². The second-order valence-corrected chi connectivity index (χ2v) is 7.53. The maximum Gasteiger partial charge on any atom is 0.00949 e. The fourth-order valence-corrected chi connectivity index (χ4v) is 3.54. The van der Waals surface area contributed by atoms with Crippen LogP contribution in [0.4, 0.5) is 0 Å². The molecule has 1 atom stereocenters. The third kappa shape index (κ3) is 2.38. The molecule has 0 fully saturated rings. The minimum Gasteiger partial charge on any atom is -0.0817 e. The molecule has 0 unspecified atom stereocenters. The van der Waals surface area contributed by atoms with Crippen LogP contribution in [0.15, 0.2) is 44.6 Å². The van der Waals surface area contributed by atoms with E-state index in [0.29, 0.717) is 11.8 Å². The largest absolute Gasteiger partial charge is 0.0817 e. The molecule has 0 aromatic rings. The van der Waals surface area contributed by atoms with Gasteiger partial charge in [-0.15, -0.1) is 0 Å². The van der Waals surface area contributed by atoms with Gasteiger partial charge in [-0.1, -0.05) is 57.1 Å². The van der Waals surface area contributed by atoms with Crippen LogP contribution in [0.2, 0.25) is 0 Å². The molecule has 0 bridgehead atoms. The molecule has 0 nitrogen and oxygen atoms in total. The first-order chi connectivity index (χ1) is 8.34. The van der Waals surface area contributed by atoms with E-state index in [1.54, 1.807) is 16.7 Å². The van der Waals surface area contributed by atoms with Gasteiger partial charge in [-0.25, -0.2) is 0 Å². The molecule has 2 aliphatic carbocycles. The van der Waals surface area contributed by atoms with Gasteiger partial charge in [-0.2, -0.15) is 0 Å². The summed E-state index contributed by atoms with van der Waals surface area (Å²) in [6.45, 7) is 11.5. The molecule has 0 spiro atoms. The molecule has 0 aliphatic heterocycles. The first-order valence-electron chi connectivity index (χ1n) is 6.81. The highest BCUT2D eigenvalue weighted by Crippen LogP contribution is 2.53. The van der Waals surface area contributed by atoms with Crippen LogP contribution in [-0.2, 0) is 0 Å². The first-order valence-corrected chi connectivity index (χ1v) is 7.89. The summed E-state index contributed by atoms with van der Waals surface area (Å²) in [6, 6.07) is 0. The Morgan fingerprint density at radius 2 is 2.06 bits per heavy atom. The summed E-state index contributed by atoms with van der Waals surface area (Å²) in [7, 11) is 0. The van der Waals surface area contributed by atoms with Crippen LogP contribution in [0.5, 0.6) is 0 Å². The molecule has 0 saturated heterocycles. The summed E-state index contributed by atoms with van der Waals surface area (Å²) in [6.07, 6.45) is 10.6. The van der Waals surface area contributed by atoms with Gasteiger partial charge in [-0.3, -0.25) is 0 Å². The fraction of sp³-hybridized carbons (Fsp3) is 0.529.